The summed E-state index contributed by atoms with van der Waals surface area (Å²) in [4.78, 5) is 87.8. The molecule has 1 aliphatic heterocycles. The largest absolute Gasteiger partial charge is 0.481 e. The molecule has 3 unspecified atom stereocenters. The summed E-state index contributed by atoms with van der Waals surface area (Å²) in [5, 5.41) is 35.9. The number of phosphoric acid groups is 3. The molecular formula is C29H42N7O18P3S. The maximum atomic E-state index is 12.7. The van der Waals surface area contributed by atoms with Gasteiger partial charge in [0.05, 0.1) is 19.5 Å². The molecule has 0 saturated carbocycles. The summed E-state index contributed by atoms with van der Waals surface area (Å²) in [7, 11) is -16.4. The average Bonchev–Trinajstić information content (AvgIpc) is 3.71. The Morgan fingerprint density at radius 3 is 2.34 bits per heavy atom. The van der Waals surface area contributed by atoms with Gasteiger partial charge in [-0.05, 0) is 5.56 Å². The fourth-order valence-corrected chi connectivity index (χ4v) is 8.66. The first-order chi connectivity index (χ1) is 27.0. The summed E-state index contributed by atoms with van der Waals surface area (Å²) in [6.07, 6.45) is -8.37. The number of benzene rings is 1. The summed E-state index contributed by atoms with van der Waals surface area (Å²) in [5.74, 6) is -1.40. The van der Waals surface area contributed by atoms with E-state index in [1.54, 1.807) is 30.3 Å². The van der Waals surface area contributed by atoms with Crippen LogP contribution in [0.25, 0.3) is 11.2 Å². The van der Waals surface area contributed by atoms with Crippen LogP contribution in [0.4, 0.5) is 5.82 Å². The number of amides is 2. The number of nitrogen functional groups attached to an aromatic ring is 1. The summed E-state index contributed by atoms with van der Waals surface area (Å²) < 4.78 is 62.1. The van der Waals surface area contributed by atoms with E-state index in [1.165, 1.54) is 13.8 Å². The topological polar surface area (TPSA) is 384 Å². The number of carbonyl (C=O) groups is 3. The van der Waals surface area contributed by atoms with Crippen LogP contribution in [0.2, 0.25) is 0 Å². The van der Waals surface area contributed by atoms with Crippen LogP contribution in [0, 0.1) is 5.41 Å². The molecule has 3 heterocycles. The molecule has 2 amide bonds. The molecule has 2 aromatic heterocycles. The number of thioether (sulfide) groups is 1. The van der Waals surface area contributed by atoms with Crippen molar-refractivity contribution in [3.63, 3.8) is 0 Å². The zero-order valence-corrected chi connectivity index (χ0v) is 34.0. The van der Waals surface area contributed by atoms with Crippen LogP contribution in [0.5, 0.6) is 0 Å². The van der Waals surface area contributed by atoms with E-state index in [9.17, 15) is 63.0 Å². The number of aliphatic hydroxyl groups excluding tert-OH is 3. The molecule has 4 rings (SSSR count). The normalized spacial score (nSPS) is 21.8. The van der Waals surface area contributed by atoms with Gasteiger partial charge in [-0.3, -0.25) is 32.5 Å². The van der Waals surface area contributed by atoms with Crippen molar-refractivity contribution < 1.29 is 85.6 Å². The van der Waals surface area contributed by atoms with E-state index in [4.69, 9.17) is 19.5 Å². The number of carbonyl (C=O) groups excluding carboxylic acids is 3. The second-order valence-electron chi connectivity index (χ2n) is 13.1. The highest BCUT2D eigenvalue weighted by Gasteiger charge is 2.50. The van der Waals surface area contributed by atoms with Crippen molar-refractivity contribution in [3.05, 3.63) is 48.5 Å². The summed E-state index contributed by atoms with van der Waals surface area (Å²) >= 11 is 0.823. The van der Waals surface area contributed by atoms with E-state index < -0.39 is 95.8 Å². The molecule has 3 aromatic rings. The highest BCUT2D eigenvalue weighted by atomic mass is 32.2. The number of fused-ring (bicyclic) bond motifs is 1. The minimum absolute atomic E-state index is 0.0235. The van der Waals surface area contributed by atoms with Gasteiger partial charge >= 0.3 is 23.5 Å². The molecule has 25 nitrogen and oxygen atoms in total. The van der Waals surface area contributed by atoms with Crippen molar-refractivity contribution in [1.29, 1.82) is 0 Å². The van der Waals surface area contributed by atoms with Crippen molar-refractivity contribution in [1.82, 2.24) is 30.2 Å². The Balaban J connectivity index is 1.22. The summed E-state index contributed by atoms with van der Waals surface area (Å²) in [6, 6.07) is 8.29. The minimum Gasteiger partial charge on any atom is -0.386 e. The van der Waals surface area contributed by atoms with Gasteiger partial charge in [0.1, 0.15) is 42.4 Å². The van der Waals surface area contributed by atoms with Gasteiger partial charge in [-0.1, -0.05) is 55.9 Å². The van der Waals surface area contributed by atoms with Crippen molar-refractivity contribution in [2.24, 2.45) is 5.41 Å². The van der Waals surface area contributed by atoms with Gasteiger partial charge in [0, 0.05) is 30.7 Å². The molecule has 0 radical (unpaired) electrons. The number of phosphoric ester groups is 3. The van der Waals surface area contributed by atoms with E-state index >= 15 is 0 Å². The highest BCUT2D eigenvalue weighted by molar-refractivity contribution is 8.13. The quantitative estimate of drug-likeness (QED) is 0.0471. The standard InChI is InChI=1S/C29H42N7O18P3S/c1-29(2,23(40)26(41)32-9-8-18(37)31-10-11-58-28(42)20(38)16-6-4-3-5-7-16)13-51-57(48,49)54-56(46,47)50-12-17-22(53-55(43,44)45)21(39)27(52-17)36-15-35-19-24(30)33-14-34-25(19)36/h3-7,14-15,17,20-23,27,38-40H,8-13H2,1-2H3,(H,31,37)(H,32,41)(H,46,47)(H,48,49)(H2,30,33,34)(H2,43,44,45)/t17-,20?,21-,22-,23+,27-/m1/s1. The lowest BCUT2D eigenvalue weighted by Gasteiger charge is -2.30. The lowest BCUT2D eigenvalue weighted by Crippen LogP contribution is -2.46. The fraction of sp³-hybridized carbons (Fsp3) is 0.517. The van der Waals surface area contributed by atoms with Crippen molar-refractivity contribution in [2.75, 3.05) is 37.8 Å². The van der Waals surface area contributed by atoms with Crippen LogP contribution in [0.3, 0.4) is 0 Å². The van der Waals surface area contributed by atoms with Crippen LogP contribution in [0.1, 0.15) is 38.2 Å². The molecule has 322 valence electrons. The predicted molar refractivity (Wildman–Crippen MR) is 198 cm³/mol. The van der Waals surface area contributed by atoms with Crippen molar-refractivity contribution >= 4 is 69.1 Å². The van der Waals surface area contributed by atoms with Crippen molar-refractivity contribution in [3.8, 4) is 0 Å². The number of nitrogens with two attached hydrogens (primary N) is 1. The van der Waals surface area contributed by atoms with Crippen LogP contribution in [-0.2, 0) is 50.7 Å². The monoisotopic (exact) mass is 901 g/mol. The Hall–Kier alpha value is -3.26. The molecule has 58 heavy (non-hydrogen) atoms. The molecule has 1 fully saturated rings. The van der Waals surface area contributed by atoms with Crippen molar-refractivity contribution in [2.45, 2.75) is 57.0 Å². The summed E-state index contributed by atoms with van der Waals surface area (Å²) in [6.45, 7) is 0.250. The lowest BCUT2D eigenvalue weighted by atomic mass is 9.87. The van der Waals surface area contributed by atoms with Gasteiger partial charge < -0.3 is 56.0 Å². The van der Waals surface area contributed by atoms with E-state index in [0.29, 0.717) is 5.56 Å². The molecule has 8 atom stereocenters. The highest BCUT2D eigenvalue weighted by Crippen LogP contribution is 2.61. The van der Waals surface area contributed by atoms with Crippen LogP contribution in [-0.4, -0.2) is 128 Å². The molecule has 0 spiro atoms. The first kappa shape index (κ1) is 47.4. The van der Waals surface area contributed by atoms with Crippen LogP contribution in [0.15, 0.2) is 43.0 Å². The molecule has 0 bridgehead atoms. The number of hydrogen-bond donors (Lipinski definition) is 10. The number of imidazole rings is 1. The number of anilines is 1. The summed E-state index contributed by atoms with van der Waals surface area (Å²) in [5.41, 5.74) is 4.65. The second-order valence-corrected chi connectivity index (χ2v) is 18.4. The number of ether oxygens (including phenoxy) is 1. The number of hydrogen-bond acceptors (Lipinski definition) is 19. The maximum Gasteiger partial charge on any atom is 0.481 e. The molecule has 1 aliphatic rings. The van der Waals surface area contributed by atoms with Crippen LogP contribution < -0.4 is 16.4 Å². The van der Waals surface area contributed by atoms with Gasteiger partial charge in [0.15, 0.2) is 17.7 Å². The van der Waals surface area contributed by atoms with E-state index in [-0.39, 0.29) is 42.2 Å². The second kappa shape index (κ2) is 19.9. The SMILES string of the molecule is CC(C)(COP(=O)(O)OP(=O)(O)OC[C@H]1O[C@@H](n2cnc3c(N)ncnc32)[C@H](O)[C@@H]1OP(=O)(O)O)[C@@H](O)C(=O)NCCC(=O)NCCSC(=O)C(O)c1ccccc1. The lowest BCUT2D eigenvalue weighted by molar-refractivity contribution is -0.137. The molecule has 0 aliphatic carbocycles. The Bertz CT molecular complexity index is 2060. The maximum absolute atomic E-state index is 12.7. The molecule has 1 aromatic carbocycles. The number of aliphatic hydroxyl groups is 3. The number of nitrogens with one attached hydrogen (secondary N) is 2. The van der Waals surface area contributed by atoms with Gasteiger partial charge in [-0.25, -0.2) is 28.6 Å². The molecular weight excluding hydrogens is 859 g/mol. The fourth-order valence-electron chi connectivity index (χ4n) is 5.13. The van der Waals surface area contributed by atoms with E-state index in [0.717, 1.165) is 29.0 Å². The number of nitrogens with zero attached hydrogens (tertiary/aromatic N) is 4. The van der Waals surface area contributed by atoms with Crippen LogP contribution >= 0.6 is 35.2 Å². The third kappa shape index (κ3) is 13.4. The van der Waals surface area contributed by atoms with E-state index in [2.05, 4.69) is 34.4 Å². The number of rotatable bonds is 21. The zero-order chi connectivity index (χ0) is 43.1. The third-order valence-electron chi connectivity index (χ3n) is 8.08. The zero-order valence-electron chi connectivity index (χ0n) is 30.5. The smallest absolute Gasteiger partial charge is 0.386 e. The van der Waals surface area contributed by atoms with Gasteiger partial charge in [-0.15, -0.1) is 0 Å². The molecule has 29 heteroatoms. The Labute approximate surface area is 333 Å². The molecule has 1 saturated heterocycles. The van der Waals surface area contributed by atoms with Gasteiger partial charge in [-0.2, -0.15) is 4.31 Å². The Morgan fingerprint density at radius 1 is 1.00 bits per heavy atom. The predicted octanol–water partition coefficient (Wildman–Crippen LogP) is -0.602. The van der Waals surface area contributed by atoms with Gasteiger partial charge in [0.2, 0.25) is 16.9 Å². The van der Waals surface area contributed by atoms with E-state index in [1.807, 2.05) is 0 Å². The minimum atomic E-state index is -5.59. The van der Waals surface area contributed by atoms with Gasteiger partial charge in [0.25, 0.3) is 0 Å². The first-order valence-corrected chi connectivity index (χ1v) is 22.3. The first-order valence-electron chi connectivity index (χ1n) is 16.8. The average molecular weight is 902 g/mol. The molecule has 11 N–H and O–H groups in total. The third-order valence-corrected chi connectivity index (χ3v) is 12.1. The Kier molecular flexibility index (Phi) is 16.2. The Morgan fingerprint density at radius 2 is 1.67 bits per heavy atom. The number of aromatic nitrogens is 4.